The molecule has 0 amide bonds. The summed E-state index contributed by atoms with van der Waals surface area (Å²) in [6, 6.07) is 0. The van der Waals surface area contributed by atoms with E-state index < -0.39 is 8.68 Å². The Balaban J connectivity index is 3.20. The normalized spacial score (nSPS) is 6.60. The van der Waals surface area contributed by atoms with Crippen LogP contribution in [-0.2, 0) is 9.26 Å². The van der Waals surface area contributed by atoms with Crippen molar-refractivity contribution in [3.63, 3.8) is 0 Å². The molecule has 0 atom stereocenters. The summed E-state index contributed by atoms with van der Waals surface area (Å²) in [5.74, 6) is 0.463. The van der Waals surface area contributed by atoms with Gasteiger partial charge in [-0.05, 0) is 6.55 Å². The zero-order valence-electron chi connectivity index (χ0n) is 2.89. The Bertz CT molecular complexity index is 58.7. The largest absolute Gasteiger partial charge is 0.380 e. The highest BCUT2D eigenvalue weighted by atomic mass is 28.3. The molecule has 0 saturated carbocycles. The van der Waals surface area contributed by atoms with E-state index in [2.05, 4.69) is 0 Å². The van der Waals surface area contributed by atoms with Crippen LogP contribution in [0.4, 0.5) is 0 Å². The van der Waals surface area contributed by atoms with Crippen molar-refractivity contribution in [1.29, 1.82) is 0 Å². The van der Waals surface area contributed by atoms with Gasteiger partial charge in [-0.25, -0.2) is 0 Å². The molecule has 0 aliphatic rings. The maximum Gasteiger partial charge on any atom is 0.342 e. The fourth-order valence-electron chi connectivity index (χ4n) is 0. The standard InChI is InChI=1S/C2H4O2Si/c1-5(4)2-3/h2H,1H3. The first-order chi connectivity index (χ1) is 2.27. The molecule has 5 heavy (non-hydrogen) atoms. The van der Waals surface area contributed by atoms with Crippen molar-refractivity contribution < 1.29 is 9.26 Å². The lowest BCUT2D eigenvalue weighted by Gasteiger charge is -1.53. The van der Waals surface area contributed by atoms with Crippen LogP contribution in [0.1, 0.15) is 0 Å². The van der Waals surface area contributed by atoms with E-state index in [-0.39, 0.29) is 0 Å². The molecular weight excluding hydrogens is 84.1 g/mol. The molecule has 3 heteroatoms. The predicted molar refractivity (Wildman–Crippen MR) is 19.1 cm³/mol. The second kappa shape index (κ2) is 1.96. The SMILES string of the molecule is C[Si](=O)C=O. The van der Waals surface area contributed by atoms with Gasteiger partial charge in [-0.3, -0.25) is 0 Å². The Morgan fingerprint density at radius 2 is 2.00 bits per heavy atom. The van der Waals surface area contributed by atoms with Crippen LogP contribution in [0.5, 0.6) is 0 Å². The molecule has 0 aromatic rings. The molecule has 0 aliphatic heterocycles. The van der Waals surface area contributed by atoms with E-state index in [0.717, 1.165) is 0 Å². The average molecular weight is 88.1 g/mol. The number of carbonyl (C=O) groups is 1. The highest BCUT2D eigenvalue weighted by molar-refractivity contribution is 6.71. The first kappa shape index (κ1) is 4.69. The maximum absolute atomic E-state index is 9.63. The summed E-state index contributed by atoms with van der Waals surface area (Å²) in [4.78, 5) is 9.24. The average Bonchev–Trinajstić information content (AvgIpc) is 1.38. The third-order valence-electron chi connectivity index (χ3n) is 0.166. The summed E-state index contributed by atoms with van der Waals surface area (Å²) in [5, 5.41) is 0. The molecule has 0 saturated heterocycles. The summed E-state index contributed by atoms with van der Waals surface area (Å²) in [6.45, 7) is 1.40. The van der Waals surface area contributed by atoms with Gasteiger partial charge in [0.2, 0.25) is 0 Å². The second-order valence-corrected chi connectivity index (χ2v) is 2.19. The van der Waals surface area contributed by atoms with Gasteiger partial charge in [0.25, 0.3) is 0 Å². The Hall–Kier alpha value is -0.313. The van der Waals surface area contributed by atoms with Crippen molar-refractivity contribution in [2.75, 3.05) is 0 Å². The van der Waals surface area contributed by atoms with Crippen molar-refractivity contribution in [2.45, 2.75) is 6.55 Å². The van der Waals surface area contributed by atoms with Gasteiger partial charge in [-0.15, -0.1) is 0 Å². The molecule has 0 heterocycles. The van der Waals surface area contributed by atoms with Crippen LogP contribution in [0.15, 0.2) is 0 Å². The molecular formula is C2H4O2Si. The van der Waals surface area contributed by atoms with E-state index in [4.69, 9.17) is 0 Å². The van der Waals surface area contributed by atoms with Crippen molar-refractivity contribution >= 4 is 14.6 Å². The van der Waals surface area contributed by atoms with Crippen LogP contribution in [0.3, 0.4) is 0 Å². The monoisotopic (exact) mass is 88.0 g/mol. The number of hydrogen-bond acceptors (Lipinski definition) is 2. The van der Waals surface area contributed by atoms with Crippen LogP contribution in [0.2, 0.25) is 6.55 Å². The first-order valence-electron chi connectivity index (χ1n) is 1.23. The zero-order valence-corrected chi connectivity index (χ0v) is 3.89. The van der Waals surface area contributed by atoms with Crippen molar-refractivity contribution in [3.8, 4) is 0 Å². The lowest BCUT2D eigenvalue weighted by Crippen LogP contribution is -1.89. The van der Waals surface area contributed by atoms with Crippen molar-refractivity contribution in [1.82, 2.24) is 0 Å². The van der Waals surface area contributed by atoms with Crippen LogP contribution >= 0.6 is 0 Å². The van der Waals surface area contributed by atoms with E-state index in [9.17, 15) is 9.26 Å². The molecule has 0 aromatic heterocycles. The molecule has 0 aromatic carbocycles. The third kappa shape index (κ3) is 3.69. The number of hydrogen-bond donors (Lipinski definition) is 0. The van der Waals surface area contributed by atoms with Crippen LogP contribution < -0.4 is 0 Å². The van der Waals surface area contributed by atoms with E-state index in [1.165, 1.54) is 6.55 Å². The Labute approximate surface area is 31.5 Å². The lowest BCUT2D eigenvalue weighted by atomic mass is 11.8. The summed E-state index contributed by atoms with van der Waals surface area (Å²) >= 11 is 0. The second-order valence-electron chi connectivity index (χ2n) is 0.729. The number of rotatable bonds is 1. The van der Waals surface area contributed by atoms with Gasteiger partial charge in [-0.2, -0.15) is 0 Å². The van der Waals surface area contributed by atoms with Gasteiger partial charge in [0.05, 0.1) is 0 Å². The van der Waals surface area contributed by atoms with Crippen LogP contribution in [-0.4, -0.2) is 14.6 Å². The third-order valence-corrected chi connectivity index (χ3v) is 0.498. The fraction of sp³-hybridized carbons (Fsp3) is 0.500. The van der Waals surface area contributed by atoms with Gasteiger partial charge in [0, 0.05) is 0 Å². The van der Waals surface area contributed by atoms with Gasteiger partial charge >= 0.3 is 8.68 Å². The van der Waals surface area contributed by atoms with Crippen LogP contribution in [0, 0.1) is 0 Å². The van der Waals surface area contributed by atoms with E-state index >= 15 is 0 Å². The summed E-state index contributed by atoms with van der Waals surface area (Å²) in [6.07, 6.45) is 0. The zero-order chi connectivity index (χ0) is 4.28. The molecule has 2 nitrogen and oxygen atoms in total. The molecule has 0 bridgehead atoms. The number of carbonyl (C=O) groups excluding carboxylic acids is 1. The van der Waals surface area contributed by atoms with E-state index in [1.807, 2.05) is 0 Å². The minimum absolute atomic E-state index is 0.463. The molecule has 28 valence electrons. The van der Waals surface area contributed by atoms with Crippen LogP contribution in [0.25, 0.3) is 0 Å². The lowest BCUT2D eigenvalue weighted by molar-refractivity contribution is 0.547. The summed E-state index contributed by atoms with van der Waals surface area (Å²) in [7, 11) is -1.80. The minimum Gasteiger partial charge on any atom is -0.380 e. The molecule has 0 N–H and O–H groups in total. The molecule has 0 spiro atoms. The summed E-state index contributed by atoms with van der Waals surface area (Å²) < 4.78 is 9.63. The maximum atomic E-state index is 9.63. The van der Waals surface area contributed by atoms with Crippen molar-refractivity contribution in [3.05, 3.63) is 0 Å². The van der Waals surface area contributed by atoms with E-state index in [1.54, 1.807) is 0 Å². The Morgan fingerprint density at radius 1 is 1.80 bits per heavy atom. The molecule has 0 aliphatic carbocycles. The fourth-order valence-corrected chi connectivity index (χ4v) is 0. The van der Waals surface area contributed by atoms with Gasteiger partial charge < -0.3 is 9.26 Å². The van der Waals surface area contributed by atoms with Gasteiger partial charge in [-0.1, -0.05) is 0 Å². The quantitative estimate of drug-likeness (QED) is 0.329. The van der Waals surface area contributed by atoms with E-state index in [0.29, 0.717) is 5.91 Å². The Kier molecular flexibility index (Phi) is 1.84. The topological polar surface area (TPSA) is 34.1 Å². The Morgan fingerprint density at radius 3 is 2.00 bits per heavy atom. The minimum atomic E-state index is -1.80. The van der Waals surface area contributed by atoms with Gasteiger partial charge in [0.15, 0.2) is 5.91 Å². The highest BCUT2D eigenvalue weighted by Crippen LogP contribution is 1.45. The molecule has 0 fully saturated rings. The predicted octanol–water partition coefficient (Wildman–Crippen LogP) is -0.190. The molecule has 0 unspecified atom stereocenters. The molecule has 0 radical (unpaired) electrons. The highest BCUT2D eigenvalue weighted by Gasteiger charge is 1.82. The van der Waals surface area contributed by atoms with Crippen molar-refractivity contribution in [2.24, 2.45) is 0 Å². The smallest absolute Gasteiger partial charge is 0.342 e. The first-order valence-corrected chi connectivity index (χ1v) is 3.21. The van der Waals surface area contributed by atoms with Gasteiger partial charge in [0.1, 0.15) is 0 Å². The molecule has 0 rings (SSSR count). The summed E-state index contributed by atoms with van der Waals surface area (Å²) in [5.41, 5.74) is 0.